The van der Waals surface area contributed by atoms with Gasteiger partial charge in [-0.25, -0.2) is 9.59 Å². The molecule has 2 aliphatic rings. The molecular weight excluding hydrogens is 460 g/mol. The number of carbonyl (C=O) groups is 3. The first-order valence-corrected chi connectivity index (χ1v) is 12.4. The van der Waals surface area contributed by atoms with E-state index in [4.69, 9.17) is 14.2 Å². The van der Waals surface area contributed by atoms with Crippen molar-refractivity contribution in [2.75, 3.05) is 26.3 Å². The SMILES string of the molecule is CCOC(=O)[C@@H]1CCN(C(=O)OC(C)(C)C)C[C@@H]1NC(=O)OCC1c2ccccc2-c2ccccc21. The van der Waals surface area contributed by atoms with E-state index in [2.05, 4.69) is 29.6 Å². The van der Waals surface area contributed by atoms with E-state index in [-0.39, 0.29) is 25.7 Å². The molecule has 1 N–H and O–H groups in total. The number of rotatable bonds is 5. The number of alkyl carbamates (subject to hydrolysis) is 1. The maximum absolute atomic E-state index is 12.9. The molecule has 2 atom stereocenters. The molecule has 0 bridgehead atoms. The number of hydrogen-bond donors (Lipinski definition) is 1. The van der Waals surface area contributed by atoms with Gasteiger partial charge in [0.15, 0.2) is 0 Å². The van der Waals surface area contributed by atoms with Crippen molar-refractivity contribution >= 4 is 18.2 Å². The summed E-state index contributed by atoms with van der Waals surface area (Å²) >= 11 is 0. The molecule has 1 aliphatic carbocycles. The Kier molecular flexibility index (Phi) is 7.52. The van der Waals surface area contributed by atoms with Crippen LogP contribution >= 0.6 is 0 Å². The first kappa shape index (κ1) is 25.5. The number of hydrogen-bond acceptors (Lipinski definition) is 6. The summed E-state index contributed by atoms with van der Waals surface area (Å²) in [5.74, 6) is -1.05. The molecule has 8 nitrogen and oxygen atoms in total. The Morgan fingerprint density at radius 3 is 2.17 bits per heavy atom. The van der Waals surface area contributed by atoms with Gasteiger partial charge < -0.3 is 24.4 Å². The number of amides is 2. The molecule has 1 heterocycles. The molecule has 2 amide bonds. The number of fused-ring (bicyclic) bond motifs is 3. The van der Waals surface area contributed by atoms with E-state index in [1.54, 1.807) is 27.7 Å². The zero-order valence-electron chi connectivity index (χ0n) is 21.3. The summed E-state index contributed by atoms with van der Waals surface area (Å²) < 4.78 is 16.4. The minimum absolute atomic E-state index is 0.0754. The minimum atomic E-state index is -0.652. The lowest BCUT2D eigenvalue weighted by atomic mass is 9.92. The molecule has 0 aromatic heterocycles. The van der Waals surface area contributed by atoms with E-state index >= 15 is 0 Å². The second kappa shape index (κ2) is 10.6. The molecule has 1 fully saturated rings. The van der Waals surface area contributed by atoms with E-state index in [0.717, 1.165) is 22.3 Å². The Bertz CT molecular complexity index is 1080. The third-order valence-corrected chi connectivity index (χ3v) is 6.50. The van der Waals surface area contributed by atoms with Gasteiger partial charge in [-0.3, -0.25) is 4.79 Å². The third-order valence-electron chi connectivity index (χ3n) is 6.50. The van der Waals surface area contributed by atoms with Crippen molar-refractivity contribution in [2.24, 2.45) is 5.92 Å². The Morgan fingerprint density at radius 2 is 1.58 bits per heavy atom. The molecule has 0 radical (unpaired) electrons. The van der Waals surface area contributed by atoms with Crippen LogP contribution < -0.4 is 5.32 Å². The standard InChI is InChI=1S/C28H34N2O6/c1-5-34-25(31)22-14-15-30(27(33)36-28(2,3)4)16-24(22)29-26(32)35-17-23-20-12-8-6-10-18(20)19-11-7-9-13-21(19)23/h6-13,22-24H,5,14-17H2,1-4H3,(H,29,32)/t22-,24+/m1/s1. The highest BCUT2D eigenvalue weighted by atomic mass is 16.6. The molecular formula is C28H34N2O6. The van der Waals surface area contributed by atoms with E-state index in [9.17, 15) is 14.4 Å². The summed E-state index contributed by atoms with van der Waals surface area (Å²) in [7, 11) is 0. The van der Waals surface area contributed by atoms with Crippen molar-refractivity contribution in [1.29, 1.82) is 0 Å². The molecule has 8 heteroatoms. The third kappa shape index (κ3) is 5.64. The Morgan fingerprint density at radius 1 is 0.972 bits per heavy atom. The van der Waals surface area contributed by atoms with Crippen LogP contribution in [0.25, 0.3) is 11.1 Å². The van der Waals surface area contributed by atoms with Gasteiger partial charge in [-0.2, -0.15) is 0 Å². The van der Waals surface area contributed by atoms with Crippen LogP contribution in [0.4, 0.5) is 9.59 Å². The fourth-order valence-corrected chi connectivity index (χ4v) is 4.91. The Labute approximate surface area is 211 Å². The largest absolute Gasteiger partial charge is 0.466 e. The molecule has 36 heavy (non-hydrogen) atoms. The van der Waals surface area contributed by atoms with E-state index in [1.807, 2.05) is 24.3 Å². The first-order valence-electron chi connectivity index (χ1n) is 12.4. The Hall–Kier alpha value is -3.55. The number of esters is 1. The summed E-state index contributed by atoms with van der Waals surface area (Å²) in [4.78, 5) is 39.6. The fraction of sp³-hybridized carbons (Fsp3) is 0.464. The monoisotopic (exact) mass is 494 g/mol. The summed E-state index contributed by atoms with van der Waals surface area (Å²) in [6.45, 7) is 7.98. The highest BCUT2D eigenvalue weighted by Gasteiger charge is 2.39. The molecule has 1 saturated heterocycles. The molecule has 2 aromatic rings. The van der Waals surface area contributed by atoms with Crippen molar-refractivity contribution in [3.63, 3.8) is 0 Å². The van der Waals surface area contributed by atoms with Gasteiger partial charge >= 0.3 is 18.2 Å². The van der Waals surface area contributed by atoms with Gasteiger partial charge in [0.05, 0.1) is 18.6 Å². The number of nitrogens with one attached hydrogen (secondary N) is 1. The van der Waals surface area contributed by atoms with Gasteiger partial charge in [0.25, 0.3) is 0 Å². The Balaban J connectivity index is 1.44. The molecule has 0 spiro atoms. The maximum Gasteiger partial charge on any atom is 0.410 e. The average Bonchev–Trinajstić information content (AvgIpc) is 3.15. The van der Waals surface area contributed by atoms with Crippen molar-refractivity contribution in [2.45, 2.75) is 51.7 Å². The van der Waals surface area contributed by atoms with Crippen LogP contribution in [0.2, 0.25) is 0 Å². The van der Waals surface area contributed by atoms with Crippen LogP contribution in [0.5, 0.6) is 0 Å². The molecule has 1 aliphatic heterocycles. The van der Waals surface area contributed by atoms with Gasteiger partial charge in [-0.1, -0.05) is 48.5 Å². The van der Waals surface area contributed by atoms with Crippen LogP contribution in [0, 0.1) is 5.92 Å². The van der Waals surface area contributed by atoms with Gasteiger partial charge in [0.1, 0.15) is 12.2 Å². The number of carbonyl (C=O) groups excluding carboxylic acids is 3. The predicted octanol–water partition coefficient (Wildman–Crippen LogP) is 4.71. The highest BCUT2D eigenvalue weighted by Crippen LogP contribution is 2.44. The van der Waals surface area contributed by atoms with Crippen LogP contribution in [0.1, 0.15) is 51.2 Å². The maximum atomic E-state index is 12.9. The minimum Gasteiger partial charge on any atom is -0.466 e. The average molecular weight is 495 g/mol. The summed E-state index contributed by atoms with van der Waals surface area (Å²) in [5, 5.41) is 2.82. The molecule has 4 rings (SSSR count). The highest BCUT2D eigenvalue weighted by molar-refractivity contribution is 5.79. The summed E-state index contributed by atoms with van der Waals surface area (Å²) in [6.07, 6.45) is -0.766. The fourth-order valence-electron chi connectivity index (χ4n) is 4.91. The quantitative estimate of drug-likeness (QED) is 0.478. The van der Waals surface area contributed by atoms with Crippen LogP contribution in [0.15, 0.2) is 48.5 Å². The van der Waals surface area contributed by atoms with Gasteiger partial charge in [0.2, 0.25) is 0 Å². The van der Waals surface area contributed by atoms with E-state index in [0.29, 0.717) is 13.0 Å². The van der Waals surface area contributed by atoms with Gasteiger partial charge in [0, 0.05) is 19.0 Å². The van der Waals surface area contributed by atoms with Crippen molar-refractivity contribution in [3.8, 4) is 11.1 Å². The number of likely N-dealkylation sites (tertiary alicyclic amines) is 1. The van der Waals surface area contributed by atoms with Crippen LogP contribution in [-0.2, 0) is 19.0 Å². The van der Waals surface area contributed by atoms with Crippen molar-refractivity contribution in [1.82, 2.24) is 10.2 Å². The zero-order chi connectivity index (χ0) is 25.9. The summed E-state index contributed by atoms with van der Waals surface area (Å²) in [5.41, 5.74) is 3.87. The zero-order valence-corrected chi connectivity index (χ0v) is 21.3. The number of benzene rings is 2. The molecule has 0 saturated carbocycles. The normalized spacial score (nSPS) is 19.2. The van der Waals surface area contributed by atoms with Crippen LogP contribution in [-0.4, -0.2) is 61.0 Å². The second-order valence-electron chi connectivity index (χ2n) is 10.1. The smallest absolute Gasteiger partial charge is 0.410 e. The van der Waals surface area contributed by atoms with Gasteiger partial charge in [-0.15, -0.1) is 0 Å². The van der Waals surface area contributed by atoms with Crippen molar-refractivity contribution in [3.05, 3.63) is 59.7 Å². The lowest BCUT2D eigenvalue weighted by molar-refractivity contribution is -0.150. The number of piperidine rings is 1. The topological polar surface area (TPSA) is 94.2 Å². The predicted molar refractivity (Wildman–Crippen MR) is 135 cm³/mol. The summed E-state index contributed by atoms with van der Waals surface area (Å²) in [6, 6.07) is 15.6. The lowest BCUT2D eigenvalue weighted by Crippen LogP contribution is -2.57. The van der Waals surface area contributed by atoms with E-state index < -0.39 is 35.7 Å². The first-order chi connectivity index (χ1) is 17.2. The van der Waals surface area contributed by atoms with E-state index in [1.165, 1.54) is 4.90 Å². The molecule has 2 aromatic carbocycles. The van der Waals surface area contributed by atoms with Crippen molar-refractivity contribution < 1.29 is 28.6 Å². The lowest BCUT2D eigenvalue weighted by Gasteiger charge is -2.38. The van der Waals surface area contributed by atoms with Gasteiger partial charge in [-0.05, 0) is 56.4 Å². The van der Waals surface area contributed by atoms with Crippen LogP contribution in [0.3, 0.4) is 0 Å². The number of ether oxygens (including phenoxy) is 3. The second-order valence-corrected chi connectivity index (χ2v) is 10.1. The molecule has 192 valence electrons. The number of nitrogens with zero attached hydrogens (tertiary/aromatic N) is 1. The molecule has 0 unspecified atom stereocenters.